The van der Waals surface area contributed by atoms with Gasteiger partial charge in [0.05, 0.1) is 12.6 Å². The van der Waals surface area contributed by atoms with Gasteiger partial charge in [0.15, 0.2) is 0 Å². The van der Waals surface area contributed by atoms with E-state index in [-0.39, 0.29) is 30.8 Å². The van der Waals surface area contributed by atoms with Crippen LogP contribution in [0.2, 0.25) is 0 Å². The summed E-state index contributed by atoms with van der Waals surface area (Å²) in [5.74, 6) is -0.100. The second kappa shape index (κ2) is 7.23. The molecule has 2 aromatic carbocycles. The molecule has 3 N–H and O–H groups in total. The molecule has 0 saturated heterocycles. The molecular formula is C20H23FN2O2. The van der Waals surface area contributed by atoms with E-state index in [1.165, 1.54) is 22.8 Å². The lowest BCUT2D eigenvalue weighted by atomic mass is 10.0. The zero-order valence-corrected chi connectivity index (χ0v) is 14.5. The summed E-state index contributed by atoms with van der Waals surface area (Å²) in [6.45, 7) is 4.10. The smallest absolute Gasteiger partial charge is 0.315 e. The third kappa shape index (κ3) is 3.82. The number of urea groups is 1. The Balaban J connectivity index is 1.63. The minimum absolute atomic E-state index is 0.00359. The van der Waals surface area contributed by atoms with Crippen LogP contribution in [0.25, 0.3) is 0 Å². The van der Waals surface area contributed by atoms with Crippen molar-refractivity contribution in [2.45, 2.75) is 39.5 Å². The number of benzene rings is 2. The van der Waals surface area contributed by atoms with Crippen molar-refractivity contribution < 1.29 is 14.3 Å². The first-order chi connectivity index (χ1) is 12.0. The zero-order valence-electron chi connectivity index (χ0n) is 14.5. The van der Waals surface area contributed by atoms with Crippen LogP contribution in [0.4, 0.5) is 9.18 Å². The van der Waals surface area contributed by atoms with Crippen LogP contribution in [0, 0.1) is 18.7 Å². The van der Waals surface area contributed by atoms with E-state index in [1.54, 1.807) is 12.1 Å². The molecule has 0 heterocycles. The number of aryl methyl sites for hydroxylation is 1. The summed E-state index contributed by atoms with van der Waals surface area (Å²) in [6, 6.07) is 10.6. The van der Waals surface area contributed by atoms with Gasteiger partial charge in [-0.15, -0.1) is 0 Å². The number of hydrogen-bond acceptors (Lipinski definition) is 2. The predicted molar refractivity (Wildman–Crippen MR) is 94.5 cm³/mol. The second-order valence-electron chi connectivity index (χ2n) is 6.77. The van der Waals surface area contributed by atoms with E-state index < -0.39 is 5.82 Å². The molecule has 2 amide bonds. The molecule has 2 aromatic rings. The van der Waals surface area contributed by atoms with Crippen LogP contribution in [-0.4, -0.2) is 11.1 Å². The third-order valence-electron chi connectivity index (χ3n) is 4.77. The molecule has 0 fully saturated rings. The molecule has 5 heteroatoms. The Morgan fingerprint density at radius 1 is 1.28 bits per heavy atom. The van der Waals surface area contributed by atoms with Crippen molar-refractivity contribution in [3.05, 3.63) is 70.0 Å². The first kappa shape index (κ1) is 17.4. The molecule has 1 aliphatic carbocycles. The van der Waals surface area contributed by atoms with Crippen molar-refractivity contribution in [2.75, 3.05) is 0 Å². The number of aliphatic hydroxyl groups is 1. The Morgan fingerprint density at radius 3 is 2.84 bits per heavy atom. The molecule has 132 valence electrons. The summed E-state index contributed by atoms with van der Waals surface area (Å²) < 4.78 is 13.4. The van der Waals surface area contributed by atoms with E-state index in [0.717, 1.165) is 12.0 Å². The van der Waals surface area contributed by atoms with Crippen molar-refractivity contribution in [3.8, 4) is 0 Å². The van der Waals surface area contributed by atoms with Gasteiger partial charge in [0, 0.05) is 12.1 Å². The van der Waals surface area contributed by atoms with Crippen LogP contribution in [-0.2, 0) is 19.6 Å². The van der Waals surface area contributed by atoms with Crippen molar-refractivity contribution in [1.29, 1.82) is 0 Å². The van der Waals surface area contributed by atoms with Gasteiger partial charge in [-0.1, -0.05) is 36.8 Å². The van der Waals surface area contributed by atoms with Crippen molar-refractivity contribution in [2.24, 2.45) is 5.92 Å². The third-order valence-corrected chi connectivity index (χ3v) is 4.77. The van der Waals surface area contributed by atoms with E-state index in [1.807, 2.05) is 6.92 Å². The fraction of sp³-hybridized carbons (Fsp3) is 0.350. The number of carbonyl (C=O) groups is 1. The van der Waals surface area contributed by atoms with Gasteiger partial charge in [-0.25, -0.2) is 9.18 Å². The summed E-state index contributed by atoms with van der Waals surface area (Å²) in [5.41, 5.74) is 4.63. The Hall–Kier alpha value is -2.40. The lowest BCUT2D eigenvalue weighted by molar-refractivity contribution is 0.233. The Kier molecular flexibility index (Phi) is 5.04. The van der Waals surface area contributed by atoms with Crippen LogP contribution >= 0.6 is 0 Å². The van der Waals surface area contributed by atoms with Crippen molar-refractivity contribution in [1.82, 2.24) is 10.6 Å². The second-order valence-corrected chi connectivity index (χ2v) is 6.77. The number of nitrogens with one attached hydrogen (secondary N) is 2. The van der Waals surface area contributed by atoms with Crippen molar-refractivity contribution in [3.63, 3.8) is 0 Å². The fourth-order valence-electron chi connectivity index (χ4n) is 3.41. The minimum Gasteiger partial charge on any atom is -0.392 e. The predicted octanol–water partition coefficient (Wildman–Crippen LogP) is 3.36. The molecule has 2 atom stereocenters. The molecule has 0 bridgehead atoms. The first-order valence-corrected chi connectivity index (χ1v) is 8.50. The zero-order chi connectivity index (χ0) is 18.0. The molecule has 0 saturated carbocycles. The number of hydrogen-bond donors (Lipinski definition) is 3. The molecule has 25 heavy (non-hydrogen) atoms. The fourth-order valence-corrected chi connectivity index (χ4v) is 3.41. The van der Waals surface area contributed by atoms with E-state index in [9.17, 15) is 9.18 Å². The maximum absolute atomic E-state index is 13.4. The van der Waals surface area contributed by atoms with Gasteiger partial charge in [-0.2, -0.15) is 0 Å². The number of aliphatic hydroxyl groups excluding tert-OH is 1. The van der Waals surface area contributed by atoms with Crippen LogP contribution in [0.15, 0.2) is 36.4 Å². The summed E-state index contributed by atoms with van der Waals surface area (Å²) >= 11 is 0. The molecule has 0 spiro atoms. The Bertz CT molecular complexity index is 791. The number of halogens is 1. The molecule has 0 aliphatic heterocycles. The SMILES string of the molecule is Cc1ccc2c(c1)C(NC(=O)NCc1ccc(F)c(CO)c1)C(C)C2. The monoisotopic (exact) mass is 342 g/mol. The summed E-state index contributed by atoms with van der Waals surface area (Å²) in [6.07, 6.45) is 0.957. The number of amides is 2. The van der Waals surface area contributed by atoms with Gasteiger partial charge in [-0.3, -0.25) is 0 Å². The van der Waals surface area contributed by atoms with Gasteiger partial charge >= 0.3 is 6.03 Å². The molecule has 2 unspecified atom stereocenters. The van der Waals surface area contributed by atoms with Crippen LogP contribution in [0.1, 0.15) is 40.8 Å². The van der Waals surface area contributed by atoms with Gasteiger partial charge in [0.1, 0.15) is 5.82 Å². The van der Waals surface area contributed by atoms with E-state index in [0.29, 0.717) is 5.92 Å². The largest absolute Gasteiger partial charge is 0.392 e. The normalized spacial score (nSPS) is 18.7. The average Bonchev–Trinajstić information content (AvgIpc) is 2.89. The summed E-state index contributed by atoms with van der Waals surface area (Å²) in [7, 11) is 0. The van der Waals surface area contributed by atoms with Gasteiger partial charge in [-0.05, 0) is 48.1 Å². The minimum atomic E-state index is -0.442. The van der Waals surface area contributed by atoms with Crippen LogP contribution in [0.3, 0.4) is 0 Å². The maximum atomic E-state index is 13.4. The molecule has 0 radical (unpaired) electrons. The standard InChI is InChI=1S/C20H23FN2O2/c1-12-3-5-15-8-13(2)19(17(15)7-12)23-20(25)22-10-14-4-6-18(21)16(9-14)11-24/h3-7,9,13,19,24H,8,10-11H2,1-2H3,(H2,22,23,25). The van der Waals surface area contributed by atoms with Crippen molar-refractivity contribution >= 4 is 6.03 Å². The lowest BCUT2D eigenvalue weighted by Crippen LogP contribution is -2.38. The van der Waals surface area contributed by atoms with Gasteiger partial charge in [0.25, 0.3) is 0 Å². The molecular weight excluding hydrogens is 319 g/mol. The van der Waals surface area contributed by atoms with Gasteiger partial charge in [0.2, 0.25) is 0 Å². The highest BCUT2D eigenvalue weighted by Crippen LogP contribution is 2.36. The summed E-state index contributed by atoms with van der Waals surface area (Å²) in [4.78, 5) is 12.3. The highest BCUT2D eigenvalue weighted by atomic mass is 19.1. The quantitative estimate of drug-likeness (QED) is 0.798. The molecule has 4 nitrogen and oxygen atoms in total. The van der Waals surface area contributed by atoms with E-state index in [2.05, 4.69) is 35.8 Å². The van der Waals surface area contributed by atoms with E-state index in [4.69, 9.17) is 5.11 Å². The Labute approximate surface area is 147 Å². The maximum Gasteiger partial charge on any atom is 0.315 e. The average molecular weight is 342 g/mol. The molecule has 0 aromatic heterocycles. The lowest BCUT2D eigenvalue weighted by Gasteiger charge is -2.19. The van der Waals surface area contributed by atoms with Gasteiger partial charge < -0.3 is 15.7 Å². The Morgan fingerprint density at radius 2 is 2.08 bits per heavy atom. The molecule has 3 rings (SSSR count). The number of carbonyl (C=O) groups excluding carboxylic acids is 1. The molecule has 1 aliphatic rings. The first-order valence-electron chi connectivity index (χ1n) is 8.50. The topological polar surface area (TPSA) is 61.4 Å². The van der Waals surface area contributed by atoms with E-state index >= 15 is 0 Å². The number of rotatable bonds is 4. The van der Waals surface area contributed by atoms with Crippen LogP contribution in [0.5, 0.6) is 0 Å². The highest BCUT2D eigenvalue weighted by molar-refractivity contribution is 5.74. The highest BCUT2D eigenvalue weighted by Gasteiger charge is 2.30. The van der Waals surface area contributed by atoms with Crippen LogP contribution < -0.4 is 10.6 Å². The summed E-state index contributed by atoms with van der Waals surface area (Å²) in [5, 5.41) is 15.0. The number of fused-ring (bicyclic) bond motifs is 1.